The number of carbonyl (C=O) groups is 2. The summed E-state index contributed by atoms with van der Waals surface area (Å²) in [4.78, 5) is 25.6. The summed E-state index contributed by atoms with van der Waals surface area (Å²) in [5.41, 5.74) is 2.86. The van der Waals surface area contributed by atoms with E-state index in [1.165, 1.54) is 4.90 Å². The van der Waals surface area contributed by atoms with Gasteiger partial charge in [-0.05, 0) is 36.2 Å². The van der Waals surface area contributed by atoms with Crippen molar-refractivity contribution in [3.8, 4) is 0 Å². The average molecular weight is 290 g/mol. The summed E-state index contributed by atoms with van der Waals surface area (Å²) in [7, 11) is 1.76. The van der Waals surface area contributed by atoms with Crippen molar-refractivity contribution < 1.29 is 9.59 Å². The van der Waals surface area contributed by atoms with Crippen molar-refractivity contribution in [1.82, 2.24) is 4.57 Å². The minimum atomic E-state index is -0.649. The zero-order valence-corrected chi connectivity index (χ0v) is 11.7. The standard InChI is InChI=1S/C14H12ClN3O2/c1-8-7-17(2)12-11(8)18(14(15)20)10-6-4-3-5-9(10)16-13(12)19/h3-7H,1-2H3,(H,16,19). The van der Waals surface area contributed by atoms with Gasteiger partial charge in [-0.3, -0.25) is 14.5 Å². The third-order valence-electron chi connectivity index (χ3n) is 3.35. The lowest BCUT2D eigenvalue weighted by atomic mass is 10.2. The van der Waals surface area contributed by atoms with Gasteiger partial charge >= 0.3 is 5.37 Å². The van der Waals surface area contributed by atoms with Gasteiger partial charge in [0.15, 0.2) is 0 Å². The number of amides is 2. The van der Waals surface area contributed by atoms with E-state index in [0.717, 1.165) is 5.56 Å². The zero-order chi connectivity index (χ0) is 14.4. The number of nitrogens with one attached hydrogen (secondary N) is 1. The first-order valence-electron chi connectivity index (χ1n) is 6.06. The molecule has 3 rings (SSSR count). The second kappa shape index (κ2) is 4.38. The Morgan fingerprint density at radius 2 is 2.00 bits per heavy atom. The molecule has 2 amide bonds. The number of fused-ring (bicyclic) bond motifs is 2. The van der Waals surface area contributed by atoms with E-state index in [9.17, 15) is 9.59 Å². The molecule has 1 aliphatic rings. The van der Waals surface area contributed by atoms with Crippen LogP contribution in [-0.4, -0.2) is 15.8 Å². The molecule has 0 bridgehead atoms. The van der Waals surface area contributed by atoms with Crippen LogP contribution in [0.15, 0.2) is 30.5 Å². The molecule has 0 fully saturated rings. The van der Waals surface area contributed by atoms with Crippen molar-refractivity contribution in [1.29, 1.82) is 0 Å². The third-order valence-corrected chi connectivity index (χ3v) is 3.51. The molecule has 0 spiro atoms. The lowest BCUT2D eigenvalue weighted by molar-refractivity contribution is 0.102. The van der Waals surface area contributed by atoms with Gasteiger partial charge in [-0.15, -0.1) is 0 Å². The van der Waals surface area contributed by atoms with Crippen LogP contribution < -0.4 is 10.2 Å². The van der Waals surface area contributed by atoms with Crippen LogP contribution in [0.4, 0.5) is 21.9 Å². The molecule has 1 aromatic heterocycles. The Balaban J connectivity index is 2.37. The number of hydrogen-bond acceptors (Lipinski definition) is 2. The van der Waals surface area contributed by atoms with Crippen molar-refractivity contribution in [3.05, 3.63) is 41.7 Å². The van der Waals surface area contributed by atoms with Gasteiger partial charge < -0.3 is 9.88 Å². The molecule has 1 aromatic carbocycles. The summed E-state index contributed by atoms with van der Waals surface area (Å²) in [6, 6.07) is 7.07. The smallest absolute Gasteiger partial charge is 0.325 e. The second-order valence-electron chi connectivity index (χ2n) is 4.68. The molecule has 20 heavy (non-hydrogen) atoms. The van der Waals surface area contributed by atoms with Crippen LogP contribution in [0, 0.1) is 6.92 Å². The van der Waals surface area contributed by atoms with Crippen LogP contribution in [-0.2, 0) is 7.05 Å². The van der Waals surface area contributed by atoms with Crippen molar-refractivity contribution in [2.45, 2.75) is 6.92 Å². The molecule has 0 radical (unpaired) electrons. The van der Waals surface area contributed by atoms with Crippen LogP contribution in [0.3, 0.4) is 0 Å². The van der Waals surface area contributed by atoms with E-state index in [0.29, 0.717) is 22.8 Å². The fraction of sp³-hybridized carbons (Fsp3) is 0.143. The normalized spacial score (nSPS) is 13.3. The molecule has 2 heterocycles. The molecule has 0 saturated carbocycles. The van der Waals surface area contributed by atoms with E-state index in [-0.39, 0.29) is 5.91 Å². The number of aromatic nitrogens is 1. The molecule has 0 aliphatic carbocycles. The van der Waals surface area contributed by atoms with Gasteiger partial charge in [0, 0.05) is 13.2 Å². The Bertz CT molecular complexity index is 736. The highest BCUT2D eigenvalue weighted by atomic mass is 35.5. The van der Waals surface area contributed by atoms with E-state index in [4.69, 9.17) is 11.6 Å². The highest BCUT2D eigenvalue weighted by Crippen LogP contribution is 2.40. The molecule has 0 atom stereocenters. The van der Waals surface area contributed by atoms with Gasteiger partial charge in [0.1, 0.15) is 5.69 Å². The maximum absolute atomic E-state index is 12.4. The summed E-state index contributed by atoms with van der Waals surface area (Å²) in [6.45, 7) is 1.84. The van der Waals surface area contributed by atoms with Gasteiger partial charge in [0.05, 0.1) is 17.1 Å². The predicted molar refractivity (Wildman–Crippen MR) is 77.9 cm³/mol. The maximum Gasteiger partial charge on any atom is 0.325 e. The van der Waals surface area contributed by atoms with Gasteiger partial charge in [0.25, 0.3) is 5.91 Å². The number of anilines is 3. The van der Waals surface area contributed by atoms with Gasteiger partial charge in [0.2, 0.25) is 0 Å². The Morgan fingerprint density at radius 3 is 2.70 bits per heavy atom. The van der Waals surface area contributed by atoms with Gasteiger partial charge in [-0.25, -0.2) is 0 Å². The molecular weight excluding hydrogens is 278 g/mol. The number of nitrogens with zero attached hydrogens (tertiary/aromatic N) is 2. The minimum Gasteiger partial charge on any atom is -0.345 e. The molecule has 2 aromatic rings. The topological polar surface area (TPSA) is 54.3 Å². The summed E-state index contributed by atoms with van der Waals surface area (Å²) in [5, 5.41) is 2.16. The van der Waals surface area contributed by atoms with Crippen LogP contribution >= 0.6 is 11.6 Å². The highest BCUT2D eigenvalue weighted by molar-refractivity contribution is 6.67. The fourth-order valence-electron chi connectivity index (χ4n) is 2.58. The molecule has 102 valence electrons. The van der Waals surface area contributed by atoms with Crippen LogP contribution in [0.25, 0.3) is 0 Å². The minimum absolute atomic E-state index is 0.261. The SMILES string of the molecule is Cc1cn(C)c2c1N(C(=O)Cl)c1ccccc1NC2=O. The predicted octanol–water partition coefficient (Wildman–Crippen LogP) is 3.40. The van der Waals surface area contributed by atoms with E-state index >= 15 is 0 Å². The third kappa shape index (κ3) is 1.71. The highest BCUT2D eigenvalue weighted by Gasteiger charge is 2.32. The molecule has 1 N–H and O–H groups in total. The number of aryl methyl sites for hydroxylation is 2. The van der Waals surface area contributed by atoms with E-state index < -0.39 is 5.37 Å². The van der Waals surface area contributed by atoms with E-state index in [2.05, 4.69) is 5.32 Å². The first-order valence-corrected chi connectivity index (χ1v) is 6.44. The van der Waals surface area contributed by atoms with Gasteiger partial charge in [-0.2, -0.15) is 0 Å². The lowest BCUT2D eigenvalue weighted by Crippen LogP contribution is -2.21. The monoisotopic (exact) mass is 289 g/mol. The Hall–Kier alpha value is -2.27. The largest absolute Gasteiger partial charge is 0.345 e. The van der Waals surface area contributed by atoms with Crippen molar-refractivity contribution >= 4 is 39.9 Å². The number of carbonyl (C=O) groups excluding carboxylic acids is 2. The van der Waals surface area contributed by atoms with Crippen LogP contribution in [0.2, 0.25) is 0 Å². The number of halogens is 1. The molecule has 0 unspecified atom stereocenters. The number of para-hydroxylation sites is 2. The maximum atomic E-state index is 12.4. The zero-order valence-electron chi connectivity index (χ0n) is 11.0. The lowest BCUT2D eigenvalue weighted by Gasteiger charge is -2.20. The van der Waals surface area contributed by atoms with Crippen molar-refractivity contribution in [2.75, 3.05) is 10.2 Å². The summed E-state index contributed by atoms with van der Waals surface area (Å²) >= 11 is 5.75. The summed E-state index contributed by atoms with van der Waals surface area (Å²) in [6.07, 6.45) is 1.80. The quantitative estimate of drug-likeness (QED) is 0.597. The molecule has 1 aliphatic heterocycles. The number of benzene rings is 1. The first-order chi connectivity index (χ1) is 9.50. The number of rotatable bonds is 0. The van der Waals surface area contributed by atoms with Gasteiger partial charge in [-0.1, -0.05) is 12.1 Å². The Labute approximate surface area is 120 Å². The van der Waals surface area contributed by atoms with E-state index in [1.807, 2.05) is 6.92 Å². The number of hydrogen-bond donors (Lipinski definition) is 1. The molecular formula is C14H12ClN3O2. The molecule has 5 nitrogen and oxygen atoms in total. The van der Waals surface area contributed by atoms with Crippen molar-refractivity contribution in [2.24, 2.45) is 7.05 Å². The summed E-state index contributed by atoms with van der Waals surface area (Å²) in [5.74, 6) is -0.261. The Morgan fingerprint density at radius 1 is 1.30 bits per heavy atom. The first kappa shape index (κ1) is 12.7. The Kier molecular flexibility index (Phi) is 2.79. The fourth-order valence-corrected chi connectivity index (χ4v) is 2.75. The van der Waals surface area contributed by atoms with Crippen LogP contribution in [0.5, 0.6) is 0 Å². The molecule has 6 heteroatoms. The second-order valence-corrected chi connectivity index (χ2v) is 5.00. The van der Waals surface area contributed by atoms with Crippen LogP contribution in [0.1, 0.15) is 16.1 Å². The molecule has 0 saturated heterocycles. The van der Waals surface area contributed by atoms with Crippen molar-refractivity contribution in [3.63, 3.8) is 0 Å². The van der Waals surface area contributed by atoms with E-state index in [1.54, 1.807) is 42.1 Å². The summed E-state index contributed by atoms with van der Waals surface area (Å²) < 4.78 is 1.69. The average Bonchev–Trinajstić information content (AvgIpc) is 2.59.